The van der Waals surface area contributed by atoms with Gasteiger partial charge in [-0.05, 0) is 52.7 Å². The van der Waals surface area contributed by atoms with Crippen LogP contribution in [0.2, 0.25) is 0 Å². The summed E-state index contributed by atoms with van der Waals surface area (Å²) < 4.78 is 22.1. The highest BCUT2D eigenvalue weighted by atomic mass is 79.9. The summed E-state index contributed by atoms with van der Waals surface area (Å²) in [6.45, 7) is 2.80. The first kappa shape index (κ1) is 20.9. The second-order valence-electron chi connectivity index (χ2n) is 5.69. The Morgan fingerprint density at radius 1 is 1.04 bits per heavy atom. The first-order chi connectivity index (χ1) is 13.0. The maximum Gasteiger partial charge on any atom is 0.257 e. The number of carbonyl (C=O) groups is 1. The highest BCUT2D eigenvalue weighted by Gasteiger charge is 2.22. The Hall–Kier alpha value is -2.41. The van der Waals surface area contributed by atoms with E-state index in [2.05, 4.69) is 28.2 Å². The van der Waals surface area contributed by atoms with E-state index in [-0.39, 0.29) is 5.91 Å². The van der Waals surface area contributed by atoms with Crippen molar-refractivity contribution in [1.29, 1.82) is 0 Å². The van der Waals surface area contributed by atoms with Crippen molar-refractivity contribution < 1.29 is 23.7 Å². The lowest BCUT2D eigenvalue weighted by molar-refractivity contribution is 0.102. The normalized spacial score (nSPS) is 10.3. The number of hydrogen-bond acceptors (Lipinski definition) is 5. The average Bonchev–Trinajstić information content (AvgIpc) is 2.68. The Kier molecular flexibility index (Phi) is 7.79. The Balaban J connectivity index is 2.20. The van der Waals surface area contributed by atoms with Crippen LogP contribution in [0.1, 0.15) is 30.1 Å². The van der Waals surface area contributed by atoms with Gasteiger partial charge >= 0.3 is 0 Å². The van der Waals surface area contributed by atoms with Crippen LogP contribution in [0.25, 0.3) is 0 Å². The molecule has 6 nitrogen and oxygen atoms in total. The molecule has 2 aromatic carbocycles. The van der Waals surface area contributed by atoms with E-state index >= 15 is 0 Å². The molecule has 0 aliphatic heterocycles. The molecule has 0 aliphatic rings. The zero-order valence-corrected chi connectivity index (χ0v) is 17.5. The largest absolute Gasteiger partial charge is 0.494 e. The van der Waals surface area contributed by atoms with Crippen LogP contribution < -0.4 is 24.3 Å². The third-order valence-electron chi connectivity index (χ3n) is 3.89. The molecule has 0 aliphatic carbocycles. The highest BCUT2D eigenvalue weighted by molar-refractivity contribution is 9.10. The molecule has 0 atom stereocenters. The van der Waals surface area contributed by atoms with E-state index in [1.807, 2.05) is 12.1 Å². The van der Waals surface area contributed by atoms with Crippen LogP contribution in [0, 0.1) is 0 Å². The summed E-state index contributed by atoms with van der Waals surface area (Å²) in [6, 6.07) is 8.85. The Morgan fingerprint density at radius 3 is 2.26 bits per heavy atom. The first-order valence-electron chi connectivity index (χ1n) is 8.58. The maximum atomic E-state index is 12.7. The van der Waals surface area contributed by atoms with E-state index < -0.39 is 0 Å². The average molecular weight is 438 g/mol. The van der Waals surface area contributed by atoms with Gasteiger partial charge in [-0.1, -0.05) is 13.3 Å². The van der Waals surface area contributed by atoms with Crippen molar-refractivity contribution >= 4 is 27.5 Å². The van der Waals surface area contributed by atoms with Gasteiger partial charge in [-0.15, -0.1) is 0 Å². The molecule has 7 heteroatoms. The van der Waals surface area contributed by atoms with Crippen molar-refractivity contribution in [3.8, 4) is 23.0 Å². The predicted octanol–water partition coefficient (Wildman–Crippen LogP) is 4.91. The zero-order valence-electron chi connectivity index (χ0n) is 15.9. The number of ether oxygens (including phenoxy) is 4. The molecule has 0 heterocycles. The van der Waals surface area contributed by atoms with Gasteiger partial charge in [0.2, 0.25) is 5.75 Å². The van der Waals surface area contributed by atoms with Crippen LogP contribution in [0.3, 0.4) is 0 Å². The van der Waals surface area contributed by atoms with E-state index in [0.717, 1.165) is 18.6 Å². The molecule has 0 aromatic heterocycles. The molecule has 0 bridgehead atoms. The van der Waals surface area contributed by atoms with Crippen LogP contribution in [0.5, 0.6) is 23.0 Å². The van der Waals surface area contributed by atoms with E-state index in [1.165, 1.54) is 21.3 Å². The Bertz CT molecular complexity index is 777. The molecule has 1 N–H and O–H groups in total. The van der Waals surface area contributed by atoms with Gasteiger partial charge < -0.3 is 24.3 Å². The number of halogens is 1. The van der Waals surface area contributed by atoms with Crippen LogP contribution in [0.4, 0.5) is 5.69 Å². The SMILES string of the molecule is CCCCOc1ccc(NC(=O)c2cc(OC)c(OC)c(OC)c2Br)cc1. The fourth-order valence-electron chi connectivity index (χ4n) is 2.45. The molecule has 146 valence electrons. The fourth-order valence-corrected chi connectivity index (χ4v) is 3.09. The predicted molar refractivity (Wildman–Crippen MR) is 109 cm³/mol. The lowest BCUT2D eigenvalue weighted by Gasteiger charge is -2.16. The maximum absolute atomic E-state index is 12.7. The van der Waals surface area contributed by atoms with Crippen molar-refractivity contribution in [2.45, 2.75) is 19.8 Å². The Labute approximate surface area is 167 Å². The van der Waals surface area contributed by atoms with Gasteiger partial charge in [0.15, 0.2) is 11.5 Å². The number of benzene rings is 2. The number of amides is 1. The van der Waals surface area contributed by atoms with E-state index in [0.29, 0.717) is 39.6 Å². The molecular formula is C20H24BrNO5. The fraction of sp³-hybridized carbons (Fsp3) is 0.350. The monoisotopic (exact) mass is 437 g/mol. The van der Waals surface area contributed by atoms with Crippen molar-refractivity contribution in [3.05, 3.63) is 40.4 Å². The molecule has 2 aromatic rings. The van der Waals surface area contributed by atoms with Crippen molar-refractivity contribution in [1.82, 2.24) is 0 Å². The minimum Gasteiger partial charge on any atom is -0.494 e. The third kappa shape index (κ3) is 5.07. The summed E-state index contributed by atoms with van der Waals surface area (Å²) in [5.41, 5.74) is 1.02. The van der Waals surface area contributed by atoms with Crippen LogP contribution >= 0.6 is 15.9 Å². The molecule has 27 heavy (non-hydrogen) atoms. The van der Waals surface area contributed by atoms with Crippen molar-refractivity contribution in [3.63, 3.8) is 0 Å². The van der Waals surface area contributed by atoms with Gasteiger partial charge in [-0.2, -0.15) is 0 Å². The number of carbonyl (C=O) groups excluding carboxylic acids is 1. The molecule has 0 saturated carbocycles. The molecule has 0 saturated heterocycles. The molecule has 1 amide bonds. The number of nitrogens with one attached hydrogen (secondary N) is 1. The topological polar surface area (TPSA) is 66.0 Å². The molecule has 2 rings (SSSR count). The number of methoxy groups -OCH3 is 3. The highest BCUT2D eigenvalue weighted by Crippen LogP contribution is 2.44. The smallest absolute Gasteiger partial charge is 0.257 e. The second-order valence-corrected chi connectivity index (χ2v) is 6.48. The molecule has 0 spiro atoms. The molecule has 0 radical (unpaired) electrons. The van der Waals surface area contributed by atoms with Gasteiger partial charge in [0, 0.05) is 5.69 Å². The van der Waals surface area contributed by atoms with Crippen LogP contribution in [0.15, 0.2) is 34.8 Å². The van der Waals surface area contributed by atoms with Crippen molar-refractivity contribution in [2.24, 2.45) is 0 Å². The summed E-state index contributed by atoms with van der Waals surface area (Å²) in [7, 11) is 4.52. The summed E-state index contributed by atoms with van der Waals surface area (Å²) in [5.74, 6) is 1.68. The Morgan fingerprint density at radius 2 is 1.70 bits per heavy atom. The minimum atomic E-state index is -0.305. The van der Waals surface area contributed by atoms with Crippen LogP contribution in [-0.4, -0.2) is 33.8 Å². The number of unbranched alkanes of at least 4 members (excludes halogenated alkanes) is 1. The summed E-state index contributed by atoms with van der Waals surface area (Å²) in [6.07, 6.45) is 2.09. The lowest BCUT2D eigenvalue weighted by atomic mass is 10.1. The molecule has 0 fully saturated rings. The quantitative estimate of drug-likeness (QED) is 0.564. The van der Waals surface area contributed by atoms with Gasteiger partial charge in [-0.25, -0.2) is 0 Å². The third-order valence-corrected chi connectivity index (χ3v) is 4.68. The van der Waals surface area contributed by atoms with E-state index in [4.69, 9.17) is 18.9 Å². The molecular weight excluding hydrogens is 414 g/mol. The second kappa shape index (κ2) is 10.1. The van der Waals surface area contributed by atoms with Gasteiger partial charge in [0.1, 0.15) is 5.75 Å². The summed E-state index contributed by atoms with van der Waals surface area (Å²) in [4.78, 5) is 12.7. The lowest BCUT2D eigenvalue weighted by Crippen LogP contribution is -2.13. The van der Waals surface area contributed by atoms with Gasteiger partial charge in [0.05, 0.1) is 38.0 Å². The number of anilines is 1. The molecule has 0 unspecified atom stereocenters. The minimum absolute atomic E-state index is 0.305. The summed E-state index contributed by atoms with van der Waals surface area (Å²) in [5, 5.41) is 2.86. The summed E-state index contributed by atoms with van der Waals surface area (Å²) >= 11 is 3.42. The first-order valence-corrected chi connectivity index (χ1v) is 9.37. The van der Waals surface area contributed by atoms with Gasteiger partial charge in [-0.3, -0.25) is 4.79 Å². The number of rotatable bonds is 9. The van der Waals surface area contributed by atoms with E-state index in [9.17, 15) is 4.79 Å². The van der Waals surface area contributed by atoms with Gasteiger partial charge in [0.25, 0.3) is 5.91 Å². The standard InChI is InChI=1S/C20H24BrNO5/c1-5-6-11-27-14-9-7-13(8-10-14)22-20(23)15-12-16(24-2)18(25-3)19(26-4)17(15)21/h7-10,12H,5-6,11H2,1-4H3,(H,22,23). The number of hydrogen-bond donors (Lipinski definition) is 1. The van der Waals surface area contributed by atoms with Crippen LogP contribution in [-0.2, 0) is 0 Å². The van der Waals surface area contributed by atoms with Crippen molar-refractivity contribution in [2.75, 3.05) is 33.3 Å². The van der Waals surface area contributed by atoms with E-state index in [1.54, 1.807) is 18.2 Å². The zero-order chi connectivity index (χ0) is 19.8.